The second-order valence-electron chi connectivity index (χ2n) is 9.69. The third-order valence-electron chi connectivity index (χ3n) is 8.74. The fourth-order valence-corrected chi connectivity index (χ4v) is 10.2. The Morgan fingerprint density at radius 2 is 2.03 bits per heavy atom. The predicted molar refractivity (Wildman–Crippen MR) is 123 cm³/mol. The molecule has 0 heterocycles. The number of rotatable bonds is 5. The van der Waals surface area contributed by atoms with E-state index in [4.69, 9.17) is 4.74 Å². The molecule has 4 aliphatic carbocycles. The number of aliphatic hydroxyl groups excluding tert-OH is 1. The van der Waals surface area contributed by atoms with Crippen LogP contribution in [-0.4, -0.2) is 52.0 Å². The maximum atomic E-state index is 17.2. The van der Waals surface area contributed by atoms with Crippen molar-refractivity contribution >= 4 is 29.3 Å². The van der Waals surface area contributed by atoms with E-state index in [1.165, 1.54) is 6.08 Å². The Labute approximate surface area is 188 Å². The smallest absolute Gasteiger partial charge is 0.178 e. The van der Waals surface area contributed by atoms with Gasteiger partial charge in [-0.05, 0) is 68.6 Å². The Morgan fingerprint density at radius 1 is 1.33 bits per heavy atom. The number of halogens is 1. The van der Waals surface area contributed by atoms with Crippen molar-refractivity contribution in [2.75, 3.05) is 19.1 Å². The average molecular weight is 453 g/mol. The van der Waals surface area contributed by atoms with Crippen molar-refractivity contribution in [2.45, 2.75) is 61.5 Å². The van der Waals surface area contributed by atoms with Crippen molar-refractivity contribution in [3.05, 3.63) is 36.5 Å². The molecule has 0 aliphatic heterocycles. The van der Waals surface area contributed by atoms with E-state index in [-0.39, 0.29) is 33.2 Å². The fraction of sp³-hybridized carbons (Fsp3) is 0.708. The molecule has 166 valence electrons. The number of aliphatic hydroxyl groups is 1. The molecule has 3 nitrogen and oxygen atoms in total. The second-order valence-corrected chi connectivity index (χ2v) is 12.0. The Hall–Kier alpha value is -0.560. The van der Waals surface area contributed by atoms with Crippen LogP contribution in [0.5, 0.6) is 0 Å². The largest absolute Gasteiger partial charge is 0.390 e. The van der Waals surface area contributed by atoms with E-state index in [1.807, 2.05) is 6.92 Å². The summed E-state index contributed by atoms with van der Waals surface area (Å²) >= 11 is 3.57. The zero-order chi connectivity index (χ0) is 21.9. The summed E-state index contributed by atoms with van der Waals surface area (Å²) in [6, 6.07) is 0. The number of carbonyl (C=O) groups excluding carboxylic acids is 1. The topological polar surface area (TPSA) is 46.5 Å². The Morgan fingerprint density at radius 3 is 2.67 bits per heavy atom. The van der Waals surface area contributed by atoms with Gasteiger partial charge in [-0.25, -0.2) is 4.39 Å². The maximum Gasteiger partial charge on any atom is 0.178 e. The molecule has 4 rings (SSSR count). The molecule has 0 bridgehead atoms. The third kappa shape index (κ3) is 2.63. The van der Waals surface area contributed by atoms with E-state index in [1.54, 1.807) is 41.8 Å². The molecule has 4 aliphatic rings. The van der Waals surface area contributed by atoms with Gasteiger partial charge in [0.25, 0.3) is 0 Å². The van der Waals surface area contributed by atoms with Crippen LogP contribution in [0.15, 0.2) is 36.5 Å². The molecular formula is C24H33FO3S2. The van der Waals surface area contributed by atoms with Crippen LogP contribution in [-0.2, 0) is 9.53 Å². The molecule has 0 amide bonds. The highest BCUT2D eigenvalue weighted by atomic mass is 32.2. The minimum absolute atomic E-state index is 0.0294. The molecule has 1 unspecified atom stereocenters. The summed E-state index contributed by atoms with van der Waals surface area (Å²) in [5, 5.41) is 11.4. The molecule has 1 N–H and O–H groups in total. The van der Waals surface area contributed by atoms with Crippen LogP contribution in [0.3, 0.4) is 0 Å². The minimum Gasteiger partial charge on any atom is -0.390 e. The van der Waals surface area contributed by atoms with Crippen molar-refractivity contribution in [3.63, 3.8) is 0 Å². The molecule has 7 atom stereocenters. The van der Waals surface area contributed by atoms with Crippen LogP contribution in [0.2, 0.25) is 0 Å². The van der Waals surface area contributed by atoms with Crippen molar-refractivity contribution in [3.8, 4) is 0 Å². The molecule has 6 heteroatoms. The van der Waals surface area contributed by atoms with E-state index in [0.717, 1.165) is 12.0 Å². The highest BCUT2D eigenvalue weighted by Gasteiger charge is 2.75. The van der Waals surface area contributed by atoms with Crippen LogP contribution in [0, 0.1) is 22.7 Å². The van der Waals surface area contributed by atoms with Gasteiger partial charge in [-0.15, -0.1) is 30.1 Å². The molecule has 0 spiro atoms. The number of ketones is 1. The monoisotopic (exact) mass is 452 g/mol. The molecule has 0 aromatic heterocycles. The van der Waals surface area contributed by atoms with Gasteiger partial charge in [0.15, 0.2) is 11.5 Å². The number of ether oxygens (including phenoxy) is 1. The SMILES string of the molecule is C=CCO[C@@H]1C[C@H]2[C@@H]3CCC4=CC(=O)C=C[C@]4(C)C3(F)[C@@H](O)C[C@]2(C)C1(SC)SC. The first-order valence-electron chi connectivity index (χ1n) is 10.8. The summed E-state index contributed by atoms with van der Waals surface area (Å²) < 4.78 is 23.2. The number of allylic oxidation sites excluding steroid dienone is 4. The fourth-order valence-electron chi connectivity index (χ4n) is 7.32. The molecule has 0 saturated heterocycles. The van der Waals surface area contributed by atoms with E-state index >= 15 is 4.39 Å². The summed E-state index contributed by atoms with van der Waals surface area (Å²) in [6.07, 6.45) is 12.2. The van der Waals surface area contributed by atoms with E-state index in [0.29, 0.717) is 25.9 Å². The molecule has 0 aromatic carbocycles. The summed E-state index contributed by atoms with van der Waals surface area (Å²) in [6.45, 7) is 8.38. The van der Waals surface area contributed by atoms with Gasteiger partial charge in [-0.1, -0.05) is 24.6 Å². The van der Waals surface area contributed by atoms with Gasteiger partial charge < -0.3 is 9.84 Å². The summed E-state index contributed by atoms with van der Waals surface area (Å²) in [5.41, 5.74) is -2.15. The number of hydrogen-bond acceptors (Lipinski definition) is 5. The zero-order valence-corrected chi connectivity index (χ0v) is 20.0. The summed E-state index contributed by atoms with van der Waals surface area (Å²) in [5.74, 6) is -0.255. The van der Waals surface area contributed by atoms with E-state index in [9.17, 15) is 9.90 Å². The van der Waals surface area contributed by atoms with Crippen LogP contribution in [0.4, 0.5) is 4.39 Å². The number of hydrogen-bond donors (Lipinski definition) is 1. The van der Waals surface area contributed by atoms with E-state index in [2.05, 4.69) is 26.0 Å². The van der Waals surface area contributed by atoms with Crippen LogP contribution in [0.1, 0.15) is 39.5 Å². The zero-order valence-electron chi connectivity index (χ0n) is 18.3. The Kier molecular flexibility index (Phi) is 5.66. The van der Waals surface area contributed by atoms with Crippen molar-refractivity contribution in [1.29, 1.82) is 0 Å². The average Bonchev–Trinajstić information content (AvgIpc) is 2.96. The predicted octanol–water partition coefficient (Wildman–Crippen LogP) is 4.96. The maximum absolute atomic E-state index is 17.2. The third-order valence-corrected chi connectivity index (χ3v) is 12.4. The molecule has 3 fully saturated rings. The normalized spacial score (nSPS) is 46.6. The van der Waals surface area contributed by atoms with Crippen molar-refractivity contribution in [1.82, 2.24) is 0 Å². The van der Waals surface area contributed by atoms with Gasteiger partial charge in [0.1, 0.15) is 0 Å². The Bertz CT molecular complexity index is 806. The molecule has 0 radical (unpaired) electrons. The molecule has 3 saturated carbocycles. The molecule has 30 heavy (non-hydrogen) atoms. The van der Waals surface area contributed by atoms with Crippen LogP contribution >= 0.6 is 23.5 Å². The lowest BCUT2D eigenvalue weighted by Crippen LogP contribution is -2.67. The number of carbonyl (C=O) groups is 1. The first kappa shape index (κ1) is 22.6. The molecular weight excluding hydrogens is 419 g/mol. The quantitative estimate of drug-likeness (QED) is 0.472. The highest BCUT2D eigenvalue weighted by molar-refractivity contribution is 8.17. The van der Waals surface area contributed by atoms with Crippen molar-refractivity contribution < 1.29 is 19.0 Å². The number of thioether (sulfide) groups is 2. The van der Waals surface area contributed by atoms with Crippen LogP contribution < -0.4 is 0 Å². The lowest BCUT2D eigenvalue weighted by Gasteiger charge is -2.63. The van der Waals surface area contributed by atoms with Gasteiger partial charge >= 0.3 is 0 Å². The first-order chi connectivity index (χ1) is 14.1. The first-order valence-corrected chi connectivity index (χ1v) is 13.2. The lowest BCUT2D eigenvalue weighted by molar-refractivity contribution is -0.189. The standard InChI is InChI=1S/C24H33FO3S2/c1-6-11-28-20-13-18-17-8-7-15-12-16(26)9-10-21(15,2)23(17,25)19(27)14-22(18,3)24(20,29-4)30-5/h6,9-10,12,17-20,27H,1,7-8,11,13-14H2,2-5H3/t17-,18-,19-,20+,21-,22-,23?/m0/s1. The van der Waals surface area contributed by atoms with E-state index < -0.39 is 17.2 Å². The Balaban J connectivity index is 1.81. The minimum atomic E-state index is -1.78. The number of fused-ring (bicyclic) bond motifs is 5. The van der Waals surface area contributed by atoms with Gasteiger partial charge in [0.2, 0.25) is 0 Å². The van der Waals surface area contributed by atoms with Gasteiger partial charge in [-0.3, -0.25) is 4.79 Å². The molecule has 0 aromatic rings. The van der Waals surface area contributed by atoms with Crippen LogP contribution in [0.25, 0.3) is 0 Å². The number of alkyl halides is 1. The lowest BCUT2D eigenvalue weighted by atomic mass is 9.46. The van der Waals surface area contributed by atoms with Gasteiger partial charge in [-0.2, -0.15) is 0 Å². The van der Waals surface area contributed by atoms with Crippen molar-refractivity contribution in [2.24, 2.45) is 22.7 Å². The van der Waals surface area contributed by atoms with Gasteiger partial charge in [0, 0.05) is 11.3 Å². The highest BCUT2D eigenvalue weighted by Crippen LogP contribution is 2.73. The van der Waals surface area contributed by atoms with Gasteiger partial charge in [0.05, 0.1) is 22.9 Å². The second kappa shape index (κ2) is 7.50. The summed E-state index contributed by atoms with van der Waals surface area (Å²) in [7, 11) is 0. The summed E-state index contributed by atoms with van der Waals surface area (Å²) in [4.78, 5) is 12.0.